The minimum absolute atomic E-state index is 0.361. The molecule has 20 heavy (non-hydrogen) atoms. The van der Waals surface area contributed by atoms with Crippen LogP contribution >= 0.6 is 0 Å². The number of aliphatic hydroxyl groups excluding tert-OH is 2. The molecule has 6 nitrogen and oxygen atoms in total. The molecule has 1 aliphatic heterocycles. The van der Waals surface area contributed by atoms with Crippen LogP contribution in [-0.4, -0.2) is 46.6 Å². The van der Waals surface area contributed by atoms with Gasteiger partial charge in [-0.1, -0.05) is 0 Å². The minimum Gasteiger partial charge on any atom is -0.460 e. The molecular weight excluding hydrogens is 264 g/mol. The lowest BCUT2D eigenvalue weighted by molar-refractivity contribution is -0.146. The van der Waals surface area contributed by atoms with Crippen LogP contribution in [0.5, 0.6) is 0 Å². The number of esters is 2. The third kappa shape index (κ3) is 5.99. The van der Waals surface area contributed by atoms with Gasteiger partial charge in [0.25, 0.3) is 0 Å². The number of ether oxygens (including phenoxy) is 2. The number of carbonyl (C=O) groups excluding carboxylic acids is 2. The largest absolute Gasteiger partial charge is 0.460 e. The van der Waals surface area contributed by atoms with Crippen LogP contribution in [0.2, 0.25) is 0 Å². The minimum atomic E-state index is -1.11. The van der Waals surface area contributed by atoms with Crippen LogP contribution in [0.15, 0.2) is 24.3 Å². The fraction of sp³-hybridized carbons (Fsp3) is 0.571. The first-order chi connectivity index (χ1) is 9.38. The van der Waals surface area contributed by atoms with Crippen molar-refractivity contribution in [3.63, 3.8) is 0 Å². The lowest BCUT2D eigenvalue weighted by Crippen LogP contribution is -2.27. The van der Waals surface area contributed by atoms with Crippen molar-refractivity contribution in [1.82, 2.24) is 0 Å². The van der Waals surface area contributed by atoms with Gasteiger partial charge in [-0.2, -0.15) is 0 Å². The Morgan fingerprint density at radius 1 is 1.00 bits per heavy atom. The van der Waals surface area contributed by atoms with E-state index in [-0.39, 0.29) is 6.10 Å². The maximum Gasteiger partial charge on any atom is 0.330 e. The molecule has 0 aromatic carbocycles. The van der Waals surface area contributed by atoms with Gasteiger partial charge in [-0.05, 0) is 38.8 Å². The fourth-order valence-corrected chi connectivity index (χ4v) is 1.61. The molecule has 0 saturated carbocycles. The van der Waals surface area contributed by atoms with Gasteiger partial charge in [0, 0.05) is 12.2 Å². The third-order valence-corrected chi connectivity index (χ3v) is 2.85. The van der Waals surface area contributed by atoms with E-state index in [2.05, 4.69) is 0 Å². The molecule has 0 unspecified atom stereocenters. The van der Waals surface area contributed by atoms with Crippen LogP contribution in [0.25, 0.3) is 0 Å². The molecule has 0 aromatic rings. The summed E-state index contributed by atoms with van der Waals surface area (Å²) in [6.07, 6.45) is 2.48. The van der Waals surface area contributed by atoms with E-state index in [0.717, 1.165) is 12.2 Å². The summed E-state index contributed by atoms with van der Waals surface area (Å²) in [5, 5.41) is 19.3. The van der Waals surface area contributed by atoms with E-state index in [1.807, 2.05) is 0 Å². The molecule has 2 N–H and O–H groups in total. The van der Waals surface area contributed by atoms with Gasteiger partial charge in [0.2, 0.25) is 0 Å². The zero-order valence-corrected chi connectivity index (χ0v) is 11.6. The number of aliphatic hydroxyl groups is 2. The van der Waals surface area contributed by atoms with Gasteiger partial charge in [0.1, 0.15) is 12.2 Å². The Balaban J connectivity index is 2.79. The van der Waals surface area contributed by atoms with Gasteiger partial charge < -0.3 is 19.7 Å². The molecule has 1 heterocycles. The molecule has 0 aliphatic carbocycles. The van der Waals surface area contributed by atoms with E-state index < -0.39 is 30.3 Å². The number of cyclic esters (lactones) is 2. The van der Waals surface area contributed by atoms with Crippen molar-refractivity contribution < 1.29 is 29.3 Å². The molecule has 1 rings (SSSR count). The third-order valence-electron chi connectivity index (χ3n) is 2.85. The Labute approximate surface area is 117 Å². The number of hydrogen-bond donors (Lipinski definition) is 2. The normalized spacial score (nSPS) is 36.4. The first-order valence-electron chi connectivity index (χ1n) is 6.52. The SMILES string of the molecule is C[C@@H]1CC[C@@H](O)/C=C\C(=O)O[C@H](C)[C@@H](O)/C=C\C(=O)O1. The van der Waals surface area contributed by atoms with Crippen molar-refractivity contribution >= 4 is 11.9 Å². The molecule has 6 heteroatoms. The van der Waals surface area contributed by atoms with Gasteiger partial charge in [-0.25, -0.2) is 9.59 Å². The molecule has 0 radical (unpaired) electrons. The highest BCUT2D eigenvalue weighted by molar-refractivity contribution is 5.83. The fourth-order valence-electron chi connectivity index (χ4n) is 1.61. The van der Waals surface area contributed by atoms with E-state index in [0.29, 0.717) is 12.8 Å². The Hall–Kier alpha value is -1.66. The average molecular weight is 284 g/mol. The Morgan fingerprint density at radius 3 is 2.30 bits per heavy atom. The van der Waals surface area contributed by atoms with Crippen LogP contribution in [0, 0.1) is 0 Å². The topological polar surface area (TPSA) is 93.1 Å². The molecular formula is C14H20O6. The smallest absolute Gasteiger partial charge is 0.330 e. The summed E-state index contributed by atoms with van der Waals surface area (Å²) in [6, 6.07) is 0. The summed E-state index contributed by atoms with van der Waals surface area (Å²) in [5.41, 5.74) is 0. The first kappa shape index (κ1) is 16.4. The highest BCUT2D eigenvalue weighted by atomic mass is 16.6. The van der Waals surface area contributed by atoms with Crippen LogP contribution in [0.1, 0.15) is 26.7 Å². The maximum absolute atomic E-state index is 11.5. The standard InChI is InChI=1S/C14H20O6/c1-9-3-4-11(15)5-7-14(18)20-10(2)12(16)6-8-13(17)19-9/h5-12,15-16H,3-4H2,1-2H3/b7-5-,8-6-/t9-,10-,11-,12+/m1/s1. The second kappa shape index (κ2) is 7.81. The summed E-state index contributed by atoms with van der Waals surface area (Å²) in [4.78, 5) is 22.9. The van der Waals surface area contributed by atoms with E-state index in [4.69, 9.17) is 9.47 Å². The van der Waals surface area contributed by atoms with Crippen molar-refractivity contribution in [2.45, 2.75) is 51.1 Å². The van der Waals surface area contributed by atoms with Gasteiger partial charge in [-0.15, -0.1) is 0 Å². The lowest BCUT2D eigenvalue weighted by atomic mass is 10.1. The number of rotatable bonds is 0. The summed E-state index contributed by atoms with van der Waals surface area (Å²) >= 11 is 0. The molecule has 0 saturated heterocycles. The van der Waals surface area contributed by atoms with Crippen LogP contribution < -0.4 is 0 Å². The Morgan fingerprint density at radius 2 is 1.60 bits per heavy atom. The molecule has 112 valence electrons. The quantitative estimate of drug-likeness (QED) is 0.628. The predicted octanol–water partition coefficient (Wildman–Crippen LogP) is 0.478. The summed E-state index contributed by atoms with van der Waals surface area (Å²) < 4.78 is 9.99. The van der Waals surface area contributed by atoms with Crippen molar-refractivity contribution in [1.29, 1.82) is 0 Å². The van der Waals surface area contributed by atoms with Crippen LogP contribution in [0.4, 0.5) is 0 Å². The molecule has 0 amide bonds. The highest BCUT2D eigenvalue weighted by Gasteiger charge is 2.17. The molecule has 0 fully saturated rings. The number of hydrogen-bond acceptors (Lipinski definition) is 6. The van der Waals surface area contributed by atoms with Crippen molar-refractivity contribution in [3.05, 3.63) is 24.3 Å². The van der Waals surface area contributed by atoms with Gasteiger partial charge in [-0.3, -0.25) is 0 Å². The zero-order valence-electron chi connectivity index (χ0n) is 11.6. The predicted molar refractivity (Wildman–Crippen MR) is 70.6 cm³/mol. The number of carbonyl (C=O) groups is 2. The molecule has 4 atom stereocenters. The highest BCUT2D eigenvalue weighted by Crippen LogP contribution is 2.09. The Bertz CT molecular complexity index is 400. The van der Waals surface area contributed by atoms with Gasteiger partial charge >= 0.3 is 11.9 Å². The summed E-state index contributed by atoms with van der Waals surface area (Å²) in [6.45, 7) is 3.21. The monoisotopic (exact) mass is 284 g/mol. The molecule has 0 spiro atoms. The molecule has 0 bridgehead atoms. The van der Waals surface area contributed by atoms with Crippen molar-refractivity contribution in [2.24, 2.45) is 0 Å². The van der Waals surface area contributed by atoms with Crippen molar-refractivity contribution in [2.75, 3.05) is 0 Å². The van der Waals surface area contributed by atoms with Gasteiger partial charge in [0.15, 0.2) is 0 Å². The van der Waals surface area contributed by atoms with Crippen molar-refractivity contribution in [3.8, 4) is 0 Å². The molecule has 1 aliphatic rings. The van der Waals surface area contributed by atoms with Crippen LogP contribution in [-0.2, 0) is 19.1 Å². The van der Waals surface area contributed by atoms with E-state index in [9.17, 15) is 19.8 Å². The zero-order chi connectivity index (χ0) is 15.1. The molecule has 0 aromatic heterocycles. The lowest BCUT2D eigenvalue weighted by Gasteiger charge is -2.17. The van der Waals surface area contributed by atoms with E-state index in [1.54, 1.807) is 6.92 Å². The summed E-state index contributed by atoms with van der Waals surface area (Å²) in [5.74, 6) is -1.24. The van der Waals surface area contributed by atoms with E-state index in [1.165, 1.54) is 19.1 Å². The first-order valence-corrected chi connectivity index (χ1v) is 6.52. The average Bonchev–Trinajstić information content (AvgIpc) is 2.39. The Kier molecular flexibility index (Phi) is 6.41. The van der Waals surface area contributed by atoms with Gasteiger partial charge in [0.05, 0.1) is 12.2 Å². The van der Waals surface area contributed by atoms with E-state index >= 15 is 0 Å². The second-order valence-electron chi connectivity index (χ2n) is 4.74. The maximum atomic E-state index is 11.5. The summed E-state index contributed by atoms with van der Waals surface area (Å²) in [7, 11) is 0. The second-order valence-corrected chi connectivity index (χ2v) is 4.74. The van der Waals surface area contributed by atoms with Crippen LogP contribution in [0.3, 0.4) is 0 Å².